The number of hydrogen-bond donors (Lipinski definition) is 5. The van der Waals surface area contributed by atoms with Crippen LogP contribution in [0.3, 0.4) is 0 Å². The van der Waals surface area contributed by atoms with Crippen molar-refractivity contribution in [2.45, 2.75) is 198 Å². The van der Waals surface area contributed by atoms with E-state index >= 15 is 0 Å². The largest absolute Gasteiger partial charge is 0.462 e. The number of esters is 1. The average molecular weight is 616 g/mol. The van der Waals surface area contributed by atoms with Gasteiger partial charge in [-0.05, 0) is 19.3 Å². The van der Waals surface area contributed by atoms with Crippen LogP contribution in [-0.2, 0) is 19.1 Å². The lowest BCUT2D eigenvalue weighted by Gasteiger charge is -2.25. The van der Waals surface area contributed by atoms with Crippen LogP contribution in [0.15, 0.2) is 0 Å². The number of aliphatic hydroxyl groups excluding tert-OH is 4. The Bertz CT molecular complexity index is 693. The molecular weight excluding hydrogens is 550 g/mol. The lowest BCUT2D eigenvalue weighted by atomic mass is 10.0. The summed E-state index contributed by atoms with van der Waals surface area (Å²) in [5, 5.41) is 42.0. The molecule has 0 aromatic carbocycles. The number of carbonyl (C=O) groups excluding carboxylic acids is 2. The van der Waals surface area contributed by atoms with Crippen LogP contribution < -0.4 is 5.32 Å². The van der Waals surface area contributed by atoms with Crippen LogP contribution >= 0.6 is 0 Å². The van der Waals surface area contributed by atoms with Crippen molar-refractivity contribution in [1.29, 1.82) is 0 Å². The van der Waals surface area contributed by atoms with Gasteiger partial charge >= 0.3 is 5.97 Å². The molecule has 1 rings (SSSR count). The molecule has 0 radical (unpaired) electrons. The molecule has 43 heavy (non-hydrogen) atoms. The second kappa shape index (κ2) is 26.0. The number of ether oxygens (including phenoxy) is 2. The summed E-state index contributed by atoms with van der Waals surface area (Å²) in [6.45, 7) is 3.80. The predicted octanol–water partition coefficient (Wildman–Crippen LogP) is 5.83. The highest BCUT2D eigenvalue weighted by atomic mass is 16.6. The molecule has 1 aliphatic rings. The van der Waals surface area contributed by atoms with Crippen molar-refractivity contribution in [2.24, 2.45) is 0 Å². The Hall–Kier alpha value is -1.26. The maximum Gasteiger partial charge on any atom is 0.306 e. The third kappa shape index (κ3) is 19.0. The number of aliphatic hydroxyl groups is 4. The van der Waals surface area contributed by atoms with Crippen LogP contribution in [0.2, 0.25) is 0 Å². The van der Waals surface area contributed by atoms with E-state index in [1.807, 2.05) is 0 Å². The summed E-state index contributed by atoms with van der Waals surface area (Å²) in [6.07, 6.45) is 18.4. The number of rotatable bonds is 28. The van der Waals surface area contributed by atoms with Gasteiger partial charge in [0.15, 0.2) is 6.29 Å². The van der Waals surface area contributed by atoms with Gasteiger partial charge in [-0.25, -0.2) is 0 Å². The Kier molecular flexibility index (Phi) is 24.0. The molecule has 0 aliphatic carbocycles. The van der Waals surface area contributed by atoms with Crippen LogP contribution in [0.25, 0.3) is 0 Å². The Labute approximate surface area is 261 Å². The zero-order valence-electron chi connectivity index (χ0n) is 27.4. The SMILES string of the molecule is CCCCCCCCCCCCCC(=O)OC(CCCCCCCCCCC)CC(=O)N[C@H]1[C@@H](O)[C@@H](O)O[C@@H]1[C@@H](O)CO. The van der Waals surface area contributed by atoms with Crippen molar-refractivity contribution in [3.05, 3.63) is 0 Å². The summed E-state index contributed by atoms with van der Waals surface area (Å²) in [4.78, 5) is 25.6. The van der Waals surface area contributed by atoms with Gasteiger partial charge in [0.2, 0.25) is 5.91 Å². The Morgan fingerprint density at radius 3 is 1.70 bits per heavy atom. The molecule has 5 N–H and O–H groups in total. The molecule has 0 aromatic rings. The zero-order valence-corrected chi connectivity index (χ0v) is 27.4. The maximum absolute atomic E-state index is 12.9. The Balaban J connectivity index is 2.47. The van der Waals surface area contributed by atoms with Gasteiger partial charge in [-0.1, -0.05) is 129 Å². The fourth-order valence-electron chi connectivity index (χ4n) is 5.81. The molecule has 0 bridgehead atoms. The summed E-state index contributed by atoms with van der Waals surface area (Å²) in [7, 11) is 0. The van der Waals surface area contributed by atoms with Gasteiger partial charge in [-0.2, -0.15) is 0 Å². The van der Waals surface area contributed by atoms with Gasteiger partial charge in [0, 0.05) is 6.42 Å². The second-order valence-corrected chi connectivity index (χ2v) is 12.5. The summed E-state index contributed by atoms with van der Waals surface area (Å²) in [5.74, 6) is -0.766. The summed E-state index contributed by atoms with van der Waals surface area (Å²) in [6, 6.07) is -1.09. The maximum atomic E-state index is 12.9. The van der Waals surface area contributed by atoms with Gasteiger partial charge in [0.1, 0.15) is 24.4 Å². The molecule has 9 heteroatoms. The van der Waals surface area contributed by atoms with Gasteiger partial charge in [0.05, 0.1) is 19.1 Å². The van der Waals surface area contributed by atoms with Crippen LogP contribution in [0, 0.1) is 0 Å². The summed E-state index contributed by atoms with van der Waals surface area (Å²) >= 11 is 0. The van der Waals surface area contributed by atoms with E-state index in [4.69, 9.17) is 9.47 Å². The first-order valence-corrected chi connectivity index (χ1v) is 17.6. The molecule has 1 fully saturated rings. The Morgan fingerprint density at radius 1 is 0.744 bits per heavy atom. The summed E-state index contributed by atoms with van der Waals surface area (Å²) in [5.41, 5.74) is 0. The molecule has 1 amide bonds. The minimum atomic E-state index is -1.59. The number of amides is 1. The van der Waals surface area contributed by atoms with Crippen LogP contribution in [-0.4, -0.2) is 75.7 Å². The minimum absolute atomic E-state index is 0.0811. The highest BCUT2D eigenvalue weighted by molar-refractivity contribution is 5.77. The Morgan fingerprint density at radius 2 is 1.21 bits per heavy atom. The molecule has 1 saturated heterocycles. The standard InChI is InChI=1S/C34H65NO8/c1-3-5-7-9-11-13-14-16-18-20-22-24-30(39)42-27(23-21-19-17-15-12-10-8-6-4-2)25-29(38)35-31-32(40)34(41)43-33(31)28(37)26-36/h27-28,31-34,36-37,40-41H,3-26H2,1-2H3,(H,35,38)/t27?,28-,31-,32+,33+,34-/m0/s1. The van der Waals surface area contributed by atoms with Crippen molar-refractivity contribution in [2.75, 3.05) is 6.61 Å². The first-order chi connectivity index (χ1) is 20.8. The number of hydrogen-bond acceptors (Lipinski definition) is 8. The molecule has 1 aliphatic heterocycles. The molecule has 1 unspecified atom stereocenters. The number of nitrogens with one attached hydrogen (secondary N) is 1. The van der Waals surface area contributed by atoms with Gasteiger partial charge < -0.3 is 35.2 Å². The van der Waals surface area contributed by atoms with E-state index in [-0.39, 0.29) is 12.4 Å². The first kappa shape index (κ1) is 39.8. The molecule has 0 saturated carbocycles. The van der Waals surface area contributed by atoms with E-state index in [0.717, 1.165) is 38.5 Å². The monoisotopic (exact) mass is 615 g/mol. The van der Waals surface area contributed by atoms with Crippen LogP contribution in [0.5, 0.6) is 0 Å². The van der Waals surface area contributed by atoms with E-state index in [1.165, 1.54) is 89.9 Å². The highest BCUT2D eigenvalue weighted by Gasteiger charge is 2.46. The second-order valence-electron chi connectivity index (χ2n) is 12.5. The zero-order chi connectivity index (χ0) is 31.7. The predicted molar refractivity (Wildman–Crippen MR) is 169 cm³/mol. The van der Waals surface area contributed by atoms with Crippen LogP contribution in [0.1, 0.15) is 162 Å². The van der Waals surface area contributed by atoms with Crippen molar-refractivity contribution in [1.82, 2.24) is 5.32 Å². The third-order valence-electron chi connectivity index (χ3n) is 8.53. The number of unbranched alkanes of at least 4 members (excludes halogenated alkanes) is 18. The van der Waals surface area contributed by atoms with E-state index in [1.54, 1.807) is 0 Å². The van der Waals surface area contributed by atoms with Gasteiger partial charge in [-0.3, -0.25) is 9.59 Å². The molecule has 0 spiro atoms. The van der Waals surface area contributed by atoms with Crippen molar-refractivity contribution < 1.29 is 39.5 Å². The van der Waals surface area contributed by atoms with Crippen molar-refractivity contribution >= 4 is 11.9 Å². The van der Waals surface area contributed by atoms with E-state index < -0.39 is 49.3 Å². The van der Waals surface area contributed by atoms with Gasteiger partial charge in [0.25, 0.3) is 0 Å². The van der Waals surface area contributed by atoms with Crippen molar-refractivity contribution in [3.63, 3.8) is 0 Å². The lowest BCUT2D eigenvalue weighted by Crippen LogP contribution is -2.52. The van der Waals surface area contributed by atoms with E-state index in [2.05, 4.69) is 19.2 Å². The molecule has 0 aromatic heterocycles. The topological polar surface area (TPSA) is 146 Å². The molecule has 6 atom stereocenters. The minimum Gasteiger partial charge on any atom is -0.462 e. The smallest absolute Gasteiger partial charge is 0.306 e. The quantitative estimate of drug-likeness (QED) is 0.0546. The van der Waals surface area contributed by atoms with Crippen LogP contribution in [0.4, 0.5) is 0 Å². The summed E-state index contributed by atoms with van der Waals surface area (Å²) < 4.78 is 10.9. The highest BCUT2D eigenvalue weighted by Crippen LogP contribution is 2.23. The van der Waals surface area contributed by atoms with E-state index in [0.29, 0.717) is 12.8 Å². The third-order valence-corrected chi connectivity index (χ3v) is 8.53. The molecular formula is C34H65NO8. The molecule has 254 valence electrons. The average Bonchev–Trinajstić information content (AvgIpc) is 3.26. The van der Waals surface area contributed by atoms with Gasteiger partial charge in [-0.15, -0.1) is 0 Å². The molecule has 9 nitrogen and oxygen atoms in total. The fraction of sp³-hybridized carbons (Fsp3) is 0.941. The first-order valence-electron chi connectivity index (χ1n) is 17.6. The van der Waals surface area contributed by atoms with Crippen molar-refractivity contribution in [3.8, 4) is 0 Å². The number of carbonyl (C=O) groups is 2. The van der Waals surface area contributed by atoms with E-state index in [9.17, 15) is 30.0 Å². The lowest BCUT2D eigenvalue weighted by molar-refractivity contribution is -0.151. The molecule has 1 heterocycles. The fourth-order valence-corrected chi connectivity index (χ4v) is 5.81. The normalized spacial score (nSPS) is 21.5.